The lowest BCUT2D eigenvalue weighted by molar-refractivity contribution is -0.136. The topological polar surface area (TPSA) is 62.2 Å². The van der Waals surface area contributed by atoms with Crippen molar-refractivity contribution < 1.29 is 19.4 Å². The predicted molar refractivity (Wildman–Crippen MR) is 146 cm³/mol. The molecule has 1 N–H and O–H groups in total. The van der Waals surface area contributed by atoms with Gasteiger partial charge in [-0.25, -0.2) is 0 Å². The van der Waals surface area contributed by atoms with Crippen LogP contribution < -0.4 is 4.74 Å². The third kappa shape index (κ3) is 6.99. The van der Waals surface area contributed by atoms with Crippen molar-refractivity contribution >= 4 is 17.2 Å². The Bertz CT molecular complexity index is 1160. The highest BCUT2D eigenvalue weighted by atomic mass is 32.1. The van der Waals surface area contributed by atoms with Crippen molar-refractivity contribution in [3.8, 4) is 5.75 Å². The molecule has 0 saturated heterocycles. The fraction of sp³-hybridized carbons (Fsp3) is 0.433. The van der Waals surface area contributed by atoms with Crippen molar-refractivity contribution in [2.75, 3.05) is 32.8 Å². The van der Waals surface area contributed by atoms with Gasteiger partial charge in [0.15, 0.2) is 0 Å². The summed E-state index contributed by atoms with van der Waals surface area (Å²) in [4.78, 5) is 19.1. The Morgan fingerprint density at radius 1 is 1.16 bits per heavy atom. The first-order valence-electron chi connectivity index (χ1n) is 13.2. The van der Waals surface area contributed by atoms with E-state index in [0.717, 1.165) is 36.1 Å². The number of fused-ring (bicyclic) bond motifs is 1. The number of rotatable bonds is 12. The SMILES string of the molecule is Cc1cccc(OC[C@@H]2c3ccsc3CCN2C(=O)CN(C[C@@H](O)COCc2ccccc2)C2CC2)c1. The van der Waals surface area contributed by atoms with Crippen molar-refractivity contribution in [3.63, 3.8) is 0 Å². The molecule has 196 valence electrons. The van der Waals surface area contributed by atoms with Crippen LogP contribution in [0.5, 0.6) is 5.75 Å². The van der Waals surface area contributed by atoms with E-state index < -0.39 is 6.10 Å². The molecule has 2 aliphatic rings. The molecule has 1 aliphatic carbocycles. The zero-order valence-electron chi connectivity index (χ0n) is 21.4. The number of hydrogen-bond donors (Lipinski definition) is 1. The van der Waals surface area contributed by atoms with E-state index in [1.165, 1.54) is 10.4 Å². The molecule has 1 saturated carbocycles. The lowest BCUT2D eigenvalue weighted by Gasteiger charge is -2.37. The zero-order chi connectivity index (χ0) is 25.6. The summed E-state index contributed by atoms with van der Waals surface area (Å²) >= 11 is 1.76. The highest BCUT2D eigenvalue weighted by Gasteiger charge is 2.36. The molecule has 2 aromatic carbocycles. The minimum Gasteiger partial charge on any atom is -0.491 e. The molecule has 2 heterocycles. The van der Waals surface area contributed by atoms with Crippen LogP contribution in [0.1, 0.15) is 40.5 Å². The molecule has 7 heteroatoms. The van der Waals surface area contributed by atoms with Gasteiger partial charge in [-0.1, -0.05) is 42.5 Å². The Morgan fingerprint density at radius 2 is 2.00 bits per heavy atom. The predicted octanol–water partition coefficient (Wildman–Crippen LogP) is 4.60. The van der Waals surface area contributed by atoms with Gasteiger partial charge < -0.3 is 19.5 Å². The number of nitrogens with zero attached hydrogens (tertiary/aromatic N) is 2. The molecule has 1 fully saturated rings. The van der Waals surface area contributed by atoms with E-state index in [1.54, 1.807) is 11.3 Å². The van der Waals surface area contributed by atoms with Crippen LogP contribution >= 0.6 is 11.3 Å². The van der Waals surface area contributed by atoms with Crippen LogP contribution in [0.15, 0.2) is 66.0 Å². The second-order valence-electron chi connectivity index (χ2n) is 10.1. The molecule has 1 aliphatic heterocycles. The largest absolute Gasteiger partial charge is 0.491 e. The minimum absolute atomic E-state index is 0.0963. The summed E-state index contributed by atoms with van der Waals surface area (Å²) in [5, 5.41) is 12.8. The molecule has 2 atom stereocenters. The lowest BCUT2D eigenvalue weighted by Crippen LogP contribution is -2.48. The number of carbonyl (C=O) groups excluding carboxylic acids is 1. The van der Waals surface area contributed by atoms with Crippen LogP contribution in [0.4, 0.5) is 0 Å². The molecular weight excluding hydrogens is 484 g/mol. The fourth-order valence-electron chi connectivity index (χ4n) is 5.01. The zero-order valence-corrected chi connectivity index (χ0v) is 22.2. The first-order chi connectivity index (χ1) is 18.1. The molecule has 0 spiro atoms. The smallest absolute Gasteiger partial charge is 0.237 e. The number of aliphatic hydroxyl groups is 1. The van der Waals surface area contributed by atoms with Gasteiger partial charge in [-0.05, 0) is 66.5 Å². The first kappa shape index (κ1) is 25.9. The molecule has 0 unspecified atom stereocenters. The first-order valence-corrected chi connectivity index (χ1v) is 14.0. The molecular formula is C30H36N2O4S. The Morgan fingerprint density at radius 3 is 2.78 bits per heavy atom. The van der Waals surface area contributed by atoms with Gasteiger partial charge in [0.2, 0.25) is 5.91 Å². The van der Waals surface area contributed by atoms with Gasteiger partial charge >= 0.3 is 0 Å². The summed E-state index contributed by atoms with van der Waals surface area (Å²) in [5.41, 5.74) is 3.43. The van der Waals surface area contributed by atoms with Crippen LogP contribution in [0, 0.1) is 6.92 Å². The fourth-order valence-corrected chi connectivity index (χ4v) is 5.94. The number of thiophene rings is 1. The molecule has 37 heavy (non-hydrogen) atoms. The summed E-state index contributed by atoms with van der Waals surface area (Å²) in [6.07, 6.45) is 2.38. The number of aryl methyl sites for hydroxylation is 1. The molecule has 6 nitrogen and oxygen atoms in total. The van der Waals surface area contributed by atoms with Gasteiger partial charge in [0.1, 0.15) is 12.4 Å². The van der Waals surface area contributed by atoms with E-state index in [4.69, 9.17) is 9.47 Å². The number of amides is 1. The van der Waals surface area contributed by atoms with E-state index in [1.807, 2.05) is 66.4 Å². The average Bonchev–Trinajstić information content (AvgIpc) is 3.64. The third-order valence-electron chi connectivity index (χ3n) is 7.08. The second-order valence-corrected chi connectivity index (χ2v) is 11.1. The Hall–Kier alpha value is -2.71. The Labute approximate surface area is 223 Å². The van der Waals surface area contributed by atoms with E-state index in [0.29, 0.717) is 38.9 Å². The molecule has 0 radical (unpaired) electrons. The monoisotopic (exact) mass is 520 g/mol. The maximum absolute atomic E-state index is 13.6. The average molecular weight is 521 g/mol. The van der Waals surface area contributed by atoms with Crippen LogP contribution in [0.3, 0.4) is 0 Å². The van der Waals surface area contributed by atoms with Gasteiger partial charge in [-0.3, -0.25) is 9.69 Å². The minimum atomic E-state index is -0.637. The van der Waals surface area contributed by atoms with Gasteiger partial charge in [0, 0.05) is 24.0 Å². The maximum Gasteiger partial charge on any atom is 0.237 e. The summed E-state index contributed by atoms with van der Waals surface area (Å²) in [6.45, 7) is 4.64. The summed E-state index contributed by atoms with van der Waals surface area (Å²) in [7, 11) is 0. The van der Waals surface area contributed by atoms with Gasteiger partial charge in [-0.15, -0.1) is 11.3 Å². The maximum atomic E-state index is 13.6. The highest BCUT2D eigenvalue weighted by molar-refractivity contribution is 7.10. The van der Waals surface area contributed by atoms with E-state index in [2.05, 4.69) is 16.3 Å². The number of hydrogen-bond acceptors (Lipinski definition) is 6. The number of aliphatic hydroxyl groups excluding tert-OH is 1. The number of carbonyl (C=O) groups is 1. The number of benzene rings is 2. The molecule has 1 aromatic heterocycles. The third-order valence-corrected chi connectivity index (χ3v) is 8.08. The highest BCUT2D eigenvalue weighted by Crippen LogP contribution is 2.35. The Kier molecular flexibility index (Phi) is 8.56. The van der Waals surface area contributed by atoms with Gasteiger partial charge in [0.05, 0.1) is 31.9 Å². The molecule has 3 aromatic rings. The van der Waals surface area contributed by atoms with E-state index in [-0.39, 0.29) is 18.6 Å². The van der Waals surface area contributed by atoms with Crippen molar-refractivity contribution in [2.24, 2.45) is 0 Å². The van der Waals surface area contributed by atoms with Crippen LogP contribution in [-0.4, -0.2) is 65.8 Å². The summed E-state index contributed by atoms with van der Waals surface area (Å²) in [6, 6.07) is 20.4. The van der Waals surface area contributed by atoms with Gasteiger partial charge in [-0.2, -0.15) is 0 Å². The second kappa shape index (κ2) is 12.2. The van der Waals surface area contributed by atoms with E-state index in [9.17, 15) is 9.90 Å². The Balaban J connectivity index is 1.19. The van der Waals surface area contributed by atoms with Crippen LogP contribution in [-0.2, 0) is 22.6 Å². The normalized spacial score (nSPS) is 18.0. The van der Waals surface area contributed by atoms with E-state index >= 15 is 0 Å². The van der Waals surface area contributed by atoms with Crippen LogP contribution in [0.2, 0.25) is 0 Å². The molecule has 0 bridgehead atoms. The quantitative estimate of drug-likeness (QED) is 0.378. The van der Waals surface area contributed by atoms with Crippen molar-refractivity contribution in [1.29, 1.82) is 0 Å². The molecule has 5 rings (SSSR count). The lowest BCUT2D eigenvalue weighted by atomic mass is 10.0. The standard InChI is InChI=1S/C30H36N2O4S/c1-22-6-5-9-26(16-22)36-21-28-27-13-15-37-29(27)12-14-32(28)30(34)18-31(24-10-11-24)17-25(33)20-35-19-23-7-3-2-4-8-23/h2-9,13,15-16,24-25,28,33H,10-12,14,17-21H2,1H3/t25-,28-/m1/s1. The van der Waals surface area contributed by atoms with Crippen molar-refractivity contribution in [3.05, 3.63) is 87.6 Å². The van der Waals surface area contributed by atoms with Crippen molar-refractivity contribution in [2.45, 2.75) is 51.0 Å². The molecule has 1 amide bonds. The summed E-state index contributed by atoms with van der Waals surface area (Å²) in [5.74, 6) is 0.923. The number of ether oxygens (including phenoxy) is 2. The summed E-state index contributed by atoms with van der Waals surface area (Å²) < 4.78 is 11.9. The van der Waals surface area contributed by atoms with Crippen LogP contribution in [0.25, 0.3) is 0 Å². The van der Waals surface area contributed by atoms with Gasteiger partial charge in [0.25, 0.3) is 0 Å². The van der Waals surface area contributed by atoms with Crippen molar-refractivity contribution in [1.82, 2.24) is 9.80 Å².